The number of nitrogens with one attached hydrogen (secondary N) is 1. The van der Waals surface area contributed by atoms with Crippen LogP contribution in [0, 0.1) is 0 Å². The second-order valence-electron chi connectivity index (χ2n) is 4.53. The molecule has 1 heterocycles. The summed E-state index contributed by atoms with van der Waals surface area (Å²) in [5.74, 6) is 1.15. The fourth-order valence-corrected chi connectivity index (χ4v) is 2.35. The Morgan fingerprint density at radius 2 is 1.95 bits per heavy atom. The molecule has 20 heavy (non-hydrogen) atoms. The Hall–Kier alpha value is -1.73. The maximum Gasteiger partial charge on any atom is 0.247 e. The van der Waals surface area contributed by atoms with Crippen LogP contribution in [0.3, 0.4) is 0 Å². The number of hydrogen-bond donors (Lipinski definition) is 1. The second kappa shape index (κ2) is 6.62. The van der Waals surface area contributed by atoms with Crippen molar-refractivity contribution in [2.24, 2.45) is 0 Å². The molecule has 2 rings (SSSR count). The summed E-state index contributed by atoms with van der Waals surface area (Å²) in [5, 5.41) is 11.0. The van der Waals surface area contributed by atoms with Crippen LogP contribution in [0.1, 0.15) is 12.3 Å². The van der Waals surface area contributed by atoms with Gasteiger partial charge in [0.1, 0.15) is 9.84 Å². The Morgan fingerprint density at radius 1 is 1.20 bits per heavy atom. The van der Waals surface area contributed by atoms with Crippen molar-refractivity contribution in [1.29, 1.82) is 0 Å². The quantitative estimate of drug-likeness (QED) is 0.774. The van der Waals surface area contributed by atoms with E-state index in [1.807, 2.05) is 30.3 Å². The van der Waals surface area contributed by atoms with Crippen LogP contribution in [-0.4, -0.2) is 37.2 Å². The first-order valence-corrected chi connectivity index (χ1v) is 8.37. The molecule has 0 bridgehead atoms. The zero-order valence-corrected chi connectivity index (χ0v) is 12.1. The Bertz CT molecular complexity index is 638. The Kier molecular flexibility index (Phi) is 4.86. The Labute approximate surface area is 118 Å². The molecule has 0 spiro atoms. The average Bonchev–Trinajstić information content (AvgIpc) is 2.87. The summed E-state index contributed by atoms with van der Waals surface area (Å²) in [6.45, 7) is 1.03. The molecule has 0 radical (unpaired) electrons. The summed E-state index contributed by atoms with van der Waals surface area (Å²) in [6.07, 6.45) is 1.80. The lowest BCUT2D eigenvalue weighted by Gasteiger charge is -2.00. The van der Waals surface area contributed by atoms with Gasteiger partial charge >= 0.3 is 0 Å². The molecule has 1 aromatic carbocycles. The minimum atomic E-state index is -2.89. The average molecular weight is 295 g/mol. The van der Waals surface area contributed by atoms with Crippen molar-refractivity contribution in [3.05, 3.63) is 36.2 Å². The standard InChI is InChI=1S/C13H17N3O3S/c1-20(17,18)9-5-8-14-10-12-15-16-13(19-12)11-6-3-2-4-7-11/h2-4,6-7,14H,5,8-10H2,1H3. The first kappa shape index (κ1) is 14.7. The number of nitrogens with zero attached hydrogens (tertiary/aromatic N) is 2. The van der Waals surface area contributed by atoms with E-state index in [9.17, 15) is 8.42 Å². The molecule has 7 heteroatoms. The third-order valence-electron chi connectivity index (χ3n) is 2.63. The number of benzene rings is 1. The highest BCUT2D eigenvalue weighted by Crippen LogP contribution is 2.16. The Morgan fingerprint density at radius 3 is 2.65 bits per heavy atom. The van der Waals surface area contributed by atoms with Gasteiger partial charge in [-0.1, -0.05) is 18.2 Å². The van der Waals surface area contributed by atoms with Gasteiger partial charge in [-0.05, 0) is 25.1 Å². The van der Waals surface area contributed by atoms with Gasteiger partial charge in [-0.3, -0.25) is 0 Å². The van der Waals surface area contributed by atoms with E-state index in [4.69, 9.17) is 4.42 Å². The normalized spacial score (nSPS) is 11.7. The van der Waals surface area contributed by atoms with Crippen molar-refractivity contribution in [3.8, 4) is 11.5 Å². The zero-order valence-electron chi connectivity index (χ0n) is 11.2. The fourth-order valence-electron chi connectivity index (χ4n) is 1.68. The highest BCUT2D eigenvalue weighted by atomic mass is 32.2. The molecule has 0 atom stereocenters. The van der Waals surface area contributed by atoms with Gasteiger partial charge in [-0.2, -0.15) is 0 Å². The minimum absolute atomic E-state index is 0.180. The van der Waals surface area contributed by atoms with E-state index in [0.717, 1.165) is 5.56 Å². The SMILES string of the molecule is CS(=O)(=O)CCCNCc1nnc(-c2ccccc2)o1. The molecule has 0 unspecified atom stereocenters. The van der Waals surface area contributed by atoms with Gasteiger partial charge in [-0.25, -0.2) is 8.42 Å². The number of sulfone groups is 1. The van der Waals surface area contributed by atoms with Crippen molar-refractivity contribution in [1.82, 2.24) is 15.5 Å². The molecule has 0 aliphatic rings. The maximum atomic E-state index is 11.0. The zero-order chi connectivity index (χ0) is 14.4. The highest BCUT2D eigenvalue weighted by molar-refractivity contribution is 7.90. The largest absolute Gasteiger partial charge is 0.419 e. The molecule has 108 valence electrons. The summed E-state index contributed by atoms with van der Waals surface area (Å²) < 4.78 is 27.4. The molecule has 0 amide bonds. The van der Waals surface area contributed by atoms with Gasteiger partial charge in [0.05, 0.1) is 12.3 Å². The summed E-state index contributed by atoms with van der Waals surface area (Å²) in [5.41, 5.74) is 0.878. The molecule has 0 fully saturated rings. The summed E-state index contributed by atoms with van der Waals surface area (Å²) in [6, 6.07) is 9.53. The van der Waals surface area contributed by atoms with Crippen LogP contribution in [0.5, 0.6) is 0 Å². The van der Waals surface area contributed by atoms with Crippen molar-refractivity contribution >= 4 is 9.84 Å². The summed E-state index contributed by atoms with van der Waals surface area (Å²) >= 11 is 0. The first-order valence-electron chi connectivity index (χ1n) is 6.31. The number of hydrogen-bond acceptors (Lipinski definition) is 6. The lowest BCUT2D eigenvalue weighted by Crippen LogP contribution is -2.18. The van der Waals surface area contributed by atoms with Gasteiger partial charge < -0.3 is 9.73 Å². The number of aromatic nitrogens is 2. The van der Waals surface area contributed by atoms with Crippen LogP contribution < -0.4 is 5.32 Å². The van der Waals surface area contributed by atoms with Gasteiger partial charge in [-0.15, -0.1) is 10.2 Å². The van der Waals surface area contributed by atoms with Crippen molar-refractivity contribution in [3.63, 3.8) is 0 Å². The Balaban J connectivity index is 1.79. The lowest BCUT2D eigenvalue weighted by molar-refractivity contribution is 0.477. The monoisotopic (exact) mass is 295 g/mol. The predicted octanol–water partition coefficient (Wildman–Crippen LogP) is 1.26. The van der Waals surface area contributed by atoms with E-state index in [1.165, 1.54) is 6.26 Å². The van der Waals surface area contributed by atoms with Crippen molar-refractivity contribution in [2.75, 3.05) is 18.6 Å². The van der Waals surface area contributed by atoms with Crippen LogP contribution in [0.2, 0.25) is 0 Å². The van der Waals surface area contributed by atoms with Gasteiger partial charge in [0, 0.05) is 11.8 Å². The second-order valence-corrected chi connectivity index (χ2v) is 6.79. The maximum absolute atomic E-state index is 11.0. The van der Waals surface area contributed by atoms with E-state index < -0.39 is 9.84 Å². The third kappa shape index (κ3) is 4.75. The van der Waals surface area contributed by atoms with Crippen molar-refractivity contribution < 1.29 is 12.8 Å². The highest BCUT2D eigenvalue weighted by Gasteiger charge is 2.07. The smallest absolute Gasteiger partial charge is 0.247 e. The van der Waals surface area contributed by atoms with E-state index in [1.54, 1.807) is 0 Å². The molecule has 0 saturated heterocycles. The van der Waals surface area contributed by atoms with Gasteiger partial charge in [0.2, 0.25) is 11.8 Å². The molecule has 2 aromatic rings. The molecule has 0 aliphatic carbocycles. The summed E-state index contributed by atoms with van der Waals surface area (Å²) in [7, 11) is -2.89. The molecule has 0 aliphatic heterocycles. The van der Waals surface area contributed by atoms with Crippen LogP contribution in [0.25, 0.3) is 11.5 Å². The molecule has 6 nitrogen and oxygen atoms in total. The molecule has 0 saturated carbocycles. The number of rotatable bonds is 7. The van der Waals surface area contributed by atoms with Crippen LogP contribution in [-0.2, 0) is 16.4 Å². The minimum Gasteiger partial charge on any atom is -0.419 e. The van der Waals surface area contributed by atoms with Gasteiger partial charge in [0.25, 0.3) is 0 Å². The summed E-state index contributed by atoms with van der Waals surface area (Å²) in [4.78, 5) is 0. The topological polar surface area (TPSA) is 85.1 Å². The van der Waals surface area contributed by atoms with Crippen LogP contribution in [0.4, 0.5) is 0 Å². The molecular weight excluding hydrogens is 278 g/mol. The van der Waals surface area contributed by atoms with Gasteiger partial charge in [0.15, 0.2) is 0 Å². The van der Waals surface area contributed by atoms with Crippen LogP contribution in [0.15, 0.2) is 34.7 Å². The van der Waals surface area contributed by atoms with Crippen LogP contribution >= 0.6 is 0 Å². The van der Waals surface area contributed by atoms with E-state index >= 15 is 0 Å². The van der Waals surface area contributed by atoms with Crippen molar-refractivity contribution in [2.45, 2.75) is 13.0 Å². The lowest BCUT2D eigenvalue weighted by atomic mass is 10.2. The molecule has 1 N–H and O–H groups in total. The van der Waals surface area contributed by atoms with E-state index in [-0.39, 0.29) is 5.75 Å². The molecule has 1 aromatic heterocycles. The first-order chi connectivity index (χ1) is 9.54. The predicted molar refractivity (Wildman–Crippen MR) is 75.8 cm³/mol. The molecular formula is C13H17N3O3S. The fraction of sp³-hybridized carbons (Fsp3) is 0.385. The third-order valence-corrected chi connectivity index (χ3v) is 3.66. The van der Waals surface area contributed by atoms with E-state index in [0.29, 0.717) is 31.3 Å². The van der Waals surface area contributed by atoms with E-state index in [2.05, 4.69) is 15.5 Å².